The second-order valence-corrected chi connectivity index (χ2v) is 5.87. The zero-order chi connectivity index (χ0) is 14.6. The van der Waals surface area contributed by atoms with Crippen molar-refractivity contribution in [2.75, 3.05) is 19.4 Å². The van der Waals surface area contributed by atoms with Gasteiger partial charge in [-0.1, -0.05) is 12.1 Å². The minimum absolute atomic E-state index is 0.0260. The van der Waals surface area contributed by atoms with Gasteiger partial charge >= 0.3 is 5.97 Å². The molecule has 0 heterocycles. The molecular formula is C12H18N2O4S. The molecule has 0 radical (unpaired) electrons. The van der Waals surface area contributed by atoms with Crippen molar-refractivity contribution in [3.8, 4) is 0 Å². The van der Waals surface area contributed by atoms with Crippen LogP contribution >= 0.6 is 0 Å². The van der Waals surface area contributed by atoms with Crippen LogP contribution in [-0.2, 0) is 19.6 Å². The zero-order valence-electron chi connectivity index (χ0n) is 11.2. The lowest BCUT2D eigenvalue weighted by Crippen LogP contribution is -2.28. The fourth-order valence-electron chi connectivity index (χ4n) is 1.63. The number of ether oxygens (including phenoxy) is 1. The van der Waals surface area contributed by atoms with Gasteiger partial charge in [0.15, 0.2) is 0 Å². The van der Waals surface area contributed by atoms with Crippen LogP contribution in [0.4, 0.5) is 5.69 Å². The summed E-state index contributed by atoms with van der Waals surface area (Å²) in [5.41, 5.74) is 7.30. The molecule has 1 rings (SSSR count). The number of methoxy groups -OCH3 is 1. The summed E-state index contributed by atoms with van der Waals surface area (Å²) in [4.78, 5) is 11.0. The average molecular weight is 286 g/mol. The molecule has 0 bridgehead atoms. The molecule has 0 spiro atoms. The van der Waals surface area contributed by atoms with Crippen molar-refractivity contribution < 1.29 is 17.9 Å². The van der Waals surface area contributed by atoms with Gasteiger partial charge in [0, 0.05) is 6.54 Å². The number of nitrogens with one attached hydrogen (secondary N) is 1. The van der Waals surface area contributed by atoms with E-state index in [1.807, 2.05) is 0 Å². The number of carbonyl (C=O) groups is 1. The van der Waals surface area contributed by atoms with E-state index in [0.717, 1.165) is 0 Å². The summed E-state index contributed by atoms with van der Waals surface area (Å²) in [6, 6.07) is 3.46. The van der Waals surface area contributed by atoms with Crippen LogP contribution in [0.25, 0.3) is 0 Å². The highest BCUT2D eigenvalue weighted by atomic mass is 32.2. The molecule has 3 N–H and O–H groups in total. The summed E-state index contributed by atoms with van der Waals surface area (Å²) < 4.78 is 31.1. The zero-order valence-corrected chi connectivity index (χ0v) is 12.0. The number of aryl methyl sites for hydroxylation is 2. The van der Waals surface area contributed by atoms with Crippen LogP contribution in [0.5, 0.6) is 0 Å². The molecule has 0 saturated carbocycles. The van der Waals surface area contributed by atoms with Gasteiger partial charge in [-0.25, -0.2) is 13.1 Å². The number of rotatable bonds is 5. The Balaban J connectivity index is 2.95. The first-order valence-corrected chi connectivity index (χ1v) is 7.20. The van der Waals surface area contributed by atoms with E-state index in [4.69, 9.17) is 5.73 Å². The van der Waals surface area contributed by atoms with Gasteiger partial charge in [-0.15, -0.1) is 0 Å². The van der Waals surface area contributed by atoms with Crippen molar-refractivity contribution in [1.29, 1.82) is 0 Å². The molecule has 1 aromatic carbocycles. The van der Waals surface area contributed by atoms with Gasteiger partial charge in [-0.05, 0) is 25.0 Å². The van der Waals surface area contributed by atoms with E-state index in [0.29, 0.717) is 11.1 Å². The number of carbonyl (C=O) groups excluding carboxylic acids is 1. The monoisotopic (exact) mass is 286 g/mol. The van der Waals surface area contributed by atoms with Crippen molar-refractivity contribution in [3.05, 3.63) is 23.3 Å². The third-order valence-corrected chi connectivity index (χ3v) is 4.39. The standard InChI is InChI=1S/C12H18N2O4S/c1-8-4-5-9(2)12(11(8)13)19(16,17)14-7-6-10(15)18-3/h4-5,14H,6-7,13H2,1-3H3. The van der Waals surface area contributed by atoms with Crippen LogP contribution in [0.3, 0.4) is 0 Å². The molecule has 0 amide bonds. The fourth-order valence-corrected chi connectivity index (χ4v) is 3.08. The number of benzene rings is 1. The third-order valence-electron chi connectivity index (χ3n) is 2.73. The maximum absolute atomic E-state index is 12.2. The van der Waals surface area contributed by atoms with Gasteiger partial charge in [-0.3, -0.25) is 4.79 Å². The largest absolute Gasteiger partial charge is 0.469 e. The summed E-state index contributed by atoms with van der Waals surface area (Å²) in [7, 11) is -2.48. The van der Waals surface area contributed by atoms with Gasteiger partial charge in [0.25, 0.3) is 0 Å². The van der Waals surface area contributed by atoms with Crippen LogP contribution in [0.2, 0.25) is 0 Å². The Hall–Kier alpha value is -1.60. The first-order chi connectivity index (χ1) is 8.79. The summed E-state index contributed by atoms with van der Waals surface area (Å²) in [6.45, 7) is 3.38. The first-order valence-electron chi connectivity index (χ1n) is 5.71. The van der Waals surface area contributed by atoms with E-state index in [2.05, 4.69) is 9.46 Å². The van der Waals surface area contributed by atoms with Gasteiger partial charge < -0.3 is 10.5 Å². The fraction of sp³-hybridized carbons (Fsp3) is 0.417. The van der Waals surface area contributed by atoms with Crippen LogP contribution in [0.15, 0.2) is 17.0 Å². The Morgan fingerprint density at radius 2 is 1.89 bits per heavy atom. The smallest absolute Gasteiger partial charge is 0.306 e. The highest BCUT2D eigenvalue weighted by molar-refractivity contribution is 7.89. The van der Waals surface area contributed by atoms with Gasteiger partial charge in [-0.2, -0.15) is 0 Å². The number of esters is 1. The second kappa shape index (κ2) is 6.03. The maximum atomic E-state index is 12.2. The Morgan fingerprint density at radius 3 is 2.47 bits per heavy atom. The minimum Gasteiger partial charge on any atom is -0.469 e. The molecule has 0 saturated heterocycles. The molecule has 0 atom stereocenters. The van der Waals surface area contributed by atoms with Crippen molar-refractivity contribution in [2.24, 2.45) is 0 Å². The maximum Gasteiger partial charge on any atom is 0.306 e. The lowest BCUT2D eigenvalue weighted by Gasteiger charge is -2.13. The predicted molar refractivity (Wildman–Crippen MR) is 72.1 cm³/mol. The lowest BCUT2D eigenvalue weighted by atomic mass is 10.1. The van der Waals surface area contributed by atoms with Gasteiger partial charge in [0.1, 0.15) is 4.90 Å². The Bertz CT molecular complexity index is 582. The topological polar surface area (TPSA) is 98.5 Å². The number of nitrogens with two attached hydrogens (primary N) is 1. The van der Waals surface area contributed by atoms with E-state index in [1.54, 1.807) is 26.0 Å². The quantitative estimate of drug-likeness (QED) is 0.614. The molecule has 6 nitrogen and oxygen atoms in total. The highest BCUT2D eigenvalue weighted by Gasteiger charge is 2.21. The van der Waals surface area contributed by atoms with E-state index >= 15 is 0 Å². The van der Waals surface area contributed by atoms with Crippen LogP contribution in [0, 0.1) is 13.8 Å². The normalized spacial score (nSPS) is 11.3. The second-order valence-electron chi connectivity index (χ2n) is 4.17. The minimum atomic E-state index is -3.73. The molecule has 7 heteroatoms. The van der Waals surface area contributed by atoms with Crippen LogP contribution in [-0.4, -0.2) is 28.0 Å². The molecule has 106 valence electrons. The molecule has 0 fully saturated rings. The number of hydrogen-bond acceptors (Lipinski definition) is 5. The summed E-state index contributed by atoms with van der Waals surface area (Å²) in [6.07, 6.45) is -0.0273. The number of hydrogen-bond donors (Lipinski definition) is 2. The SMILES string of the molecule is COC(=O)CCNS(=O)(=O)c1c(C)ccc(C)c1N. The number of anilines is 1. The predicted octanol–water partition coefficient (Wildman–Crippen LogP) is 0.727. The summed E-state index contributed by atoms with van der Waals surface area (Å²) in [5.74, 6) is -0.475. The molecule has 0 aromatic heterocycles. The van der Waals surface area contributed by atoms with Crippen LogP contribution < -0.4 is 10.5 Å². The lowest BCUT2D eigenvalue weighted by molar-refractivity contribution is -0.140. The summed E-state index contributed by atoms with van der Waals surface area (Å²) >= 11 is 0. The van der Waals surface area contributed by atoms with E-state index in [9.17, 15) is 13.2 Å². The van der Waals surface area contributed by atoms with Crippen molar-refractivity contribution in [1.82, 2.24) is 4.72 Å². The molecule has 1 aromatic rings. The summed E-state index contributed by atoms with van der Waals surface area (Å²) in [5, 5.41) is 0. The first kappa shape index (κ1) is 15.5. The molecule has 0 aliphatic heterocycles. The molecule has 0 aliphatic carbocycles. The number of nitrogen functional groups attached to an aromatic ring is 1. The molecule has 19 heavy (non-hydrogen) atoms. The highest BCUT2D eigenvalue weighted by Crippen LogP contribution is 2.25. The van der Waals surface area contributed by atoms with E-state index in [-0.39, 0.29) is 23.5 Å². The van der Waals surface area contributed by atoms with Gasteiger partial charge in [0.2, 0.25) is 10.0 Å². The average Bonchev–Trinajstić information content (AvgIpc) is 2.33. The Kier molecular flexibility index (Phi) is 4.90. The van der Waals surface area contributed by atoms with E-state index < -0.39 is 16.0 Å². The third kappa shape index (κ3) is 3.68. The molecular weight excluding hydrogens is 268 g/mol. The van der Waals surface area contributed by atoms with Crippen molar-refractivity contribution >= 4 is 21.7 Å². The van der Waals surface area contributed by atoms with E-state index in [1.165, 1.54) is 7.11 Å². The molecule has 0 aliphatic rings. The van der Waals surface area contributed by atoms with Crippen molar-refractivity contribution in [3.63, 3.8) is 0 Å². The van der Waals surface area contributed by atoms with Gasteiger partial charge in [0.05, 0.1) is 19.2 Å². The van der Waals surface area contributed by atoms with Crippen molar-refractivity contribution in [2.45, 2.75) is 25.2 Å². The van der Waals surface area contributed by atoms with Crippen LogP contribution in [0.1, 0.15) is 17.5 Å². The number of sulfonamides is 1. The Morgan fingerprint density at radius 1 is 1.32 bits per heavy atom. The Labute approximate surface area is 113 Å². The molecule has 0 unspecified atom stereocenters.